The van der Waals surface area contributed by atoms with Gasteiger partial charge in [-0.25, -0.2) is 0 Å². The number of benzene rings is 2. The molecule has 0 N–H and O–H groups in total. The molecule has 1 aromatic heterocycles. The van der Waals surface area contributed by atoms with Crippen molar-refractivity contribution in [1.82, 2.24) is 0 Å². The Morgan fingerprint density at radius 1 is 0.824 bits per heavy atom. The highest BCUT2D eigenvalue weighted by molar-refractivity contribution is 6.07. The molecule has 0 bridgehead atoms. The van der Waals surface area contributed by atoms with Gasteiger partial charge in [-0.05, 0) is 43.3 Å². The summed E-state index contributed by atoms with van der Waals surface area (Å²) in [6.45, 7) is 5.45. The van der Waals surface area contributed by atoms with Gasteiger partial charge in [-0.1, -0.05) is 17.7 Å². The minimum atomic E-state index is -0.736. The Labute approximate surface area is 195 Å². The SMILES string of the molecule is CC(=O)Oc1cc(C(=O)N(Cc2ccco2)c2ccc(C)cc2)cc(OC(C)=O)c1OC(C)=O. The van der Waals surface area contributed by atoms with Gasteiger partial charge in [0.05, 0.1) is 12.8 Å². The second-order valence-electron chi connectivity index (χ2n) is 7.39. The molecule has 0 radical (unpaired) electrons. The van der Waals surface area contributed by atoms with E-state index >= 15 is 0 Å². The molecule has 0 saturated heterocycles. The van der Waals surface area contributed by atoms with Crippen LogP contribution in [0.1, 0.15) is 42.5 Å². The second kappa shape index (κ2) is 10.5. The number of aryl methyl sites for hydroxylation is 1. The van der Waals surface area contributed by atoms with Crippen molar-refractivity contribution >= 4 is 29.5 Å². The standard InChI is InChI=1S/C25H23NO8/c1-15-7-9-20(10-8-15)26(14-21-6-5-11-31-21)25(30)19-12-22(32-16(2)27)24(34-18(4)29)23(13-19)33-17(3)28/h5-13H,14H2,1-4H3. The van der Waals surface area contributed by atoms with E-state index in [0.29, 0.717) is 11.4 Å². The van der Waals surface area contributed by atoms with Crippen LogP contribution >= 0.6 is 0 Å². The Kier molecular flexibility index (Phi) is 7.47. The number of furan rings is 1. The number of amides is 1. The van der Waals surface area contributed by atoms with Crippen molar-refractivity contribution in [2.24, 2.45) is 0 Å². The fourth-order valence-electron chi connectivity index (χ4n) is 3.13. The van der Waals surface area contributed by atoms with Gasteiger partial charge in [-0.3, -0.25) is 19.2 Å². The van der Waals surface area contributed by atoms with Crippen LogP contribution in [0.4, 0.5) is 5.69 Å². The van der Waals surface area contributed by atoms with Gasteiger partial charge < -0.3 is 23.5 Å². The maximum absolute atomic E-state index is 13.7. The summed E-state index contributed by atoms with van der Waals surface area (Å²) in [5, 5.41) is 0. The average molecular weight is 465 g/mol. The van der Waals surface area contributed by atoms with Crippen LogP contribution in [0, 0.1) is 6.92 Å². The van der Waals surface area contributed by atoms with Crippen LogP contribution in [-0.4, -0.2) is 23.8 Å². The topological polar surface area (TPSA) is 112 Å². The van der Waals surface area contributed by atoms with E-state index in [9.17, 15) is 19.2 Å². The molecule has 9 nitrogen and oxygen atoms in total. The molecule has 34 heavy (non-hydrogen) atoms. The Balaban J connectivity index is 2.13. The molecule has 0 spiro atoms. The lowest BCUT2D eigenvalue weighted by atomic mass is 10.1. The molecular formula is C25H23NO8. The molecule has 2 aromatic carbocycles. The third-order valence-electron chi connectivity index (χ3n) is 4.51. The quantitative estimate of drug-likeness (QED) is 0.377. The van der Waals surface area contributed by atoms with Gasteiger partial charge in [0.25, 0.3) is 5.91 Å². The molecule has 0 aliphatic rings. The van der Waals surface area contributed by atoms with Crippen LogP contribution in [0.2, 0.25) is 0 Å². The molecule has 0 aliphatic heterocycles. The minimum absolute atomic E-state index is 0.0236. The maximum Gasteiger partial charge on any atom is 0.308 e. The van der Waals surface area contributed by atoms with Crippen LogP contribution in [0.25, 0.3) is 0 Å². The largest absolute Gasteiger partial charge is 0.467 e. The first-order valence-corrected chi connectivity index (χ1v) is 10.3. The predicted molar refractivity (Wildman–Crippen MR) is 121 cm³/mol. The third kappa shape index (κ3) is 6.10. The van der Waals surface area contributed by atoms with Crippen molar-refractivity contribution in [3.8, 4) is 17.2 Å². The van der Waals surface area contributed by atoms with E-state index in [2.05, 4.69) is 0 Å². The van der Waals surface area contributed by atoms with Crippen molar-refractivity contribution in [1.29, 1.82) is 0 Å². The minimum Gasteiger partial charge on any atom is -0.467 e. The second-order valence-corrected chi connectivity index (χ2v) is 7.39. The lowest BCUT2D eigenvalue weighted by Crippen LogP contribution is -2.30. The number of rotatable bonds is 7. The molecule has 3 rings (SSSR count). The van der Waals surface area contributed by atoms with Crippen LogP contribution in [-0.2, 0) is 20.9 Å². The van der Waals surface area contributed by atoms with Gasteiger partial charge in [-0.15, -0.1) is 0 Å². The summed E-state index contributed by atoms with van der Waals surface area (Å²) in [4.78, 5) is 50.1. The van der Waals surface area contributed by atoms with E-state index in [-0.39, 0.29) is 29.4 Å². The van der Waals surface area contributed by atoms with Crippen molar-refractivity contribution in [2.75, 3.05) is 4.90 Å². The Morgan fingerprint density at radius 2 is 1.38 bits per heavy atom. The summed E-state index contributed by atoms with van der Waals surface area (Å²) in [6, 6.07) is 13.2. The van der Waals surface area contributed by atoms with Crippen LogP contribution in [0.5, 0.6) is 17.2 Å². The summed E-state index contributed by atoms with van der Waals surface area (Å²) in [5.41, 5.74) is 1.61. The van der Waals surface area contributed by atoms with Gasteiger partial charge in [-0.2, -0.15) is 0 Å². The fourth-order valence-corrected chi connectivity index (χ4v) is 3.13. The summed E-state index contributed by atoms with van der Waals surface area (Å²) in [5.74, 6) is -2.93. The van der Waals surface area contributed by atoms with Crippen LogP contribution < -0.4 is 19.1 Å². The number of carbonyl (C=O) groups is 4. The summed E-state index contributed by atoms with van der Waals surface area (Å²) in [7, 11) is 0. The van der Waals surface area contributed by atoms with E-state index in [4.69, 9.17) is 18.6 Å². The Morgan fingerprint density at radius 3 is 1.85 bits per heavy atom. The molecule has 1 heterocycles. The lowest BCUT2D eigenvalue weighted by Gasteiger charge is -2.23. The first-order chi connectivity index (χ1) is 16.1. The van der Waals surface area contributed by atoms with Crippen molar-refractivity contribution in [3.63, 3.8) is 0 Å². The van der Waals surface area contributed by atoms with Gasteiger partial charge >= 0.3 is 17.9 Å². The molecule has 1 amide bonds. The maximum atomic E-state index is 13.7. The van der Waals surface area contributed by atoms with Crippen molar-refractivity contribution in [2.45, 2.75) is 34.2 Å². The molecule has 0 saturated carbocycles. The molecule has 0 atom stereocenters. The van der Waals surface area contributed by atoms with Gasteiger partial charge in [0.15, 0.2) is 11.5 Å². The van der Waals surface area contributed by atoms with Crippen LogP contribution in [0.3, 0.4) is 0 Å². The molecular weight excluding hydrogens is 442 g/mol. The molecule has 176 valence electrons. The average Bonchev–Trinajstić information content (AvgIpc) is 3.26. The number of hydrogen-bond donors (Lipinski definition) is 0. The van der Waals surface area contributed by atoms with E-state index in [0.717, 1.165) is 26.3 Å². The van der Waals surface area contributed by atoms with Gasteiger partial charge in [0, 0.05) is 32.0 Å². The zero-order valence-corrected chi connectivity index (χ0v) is 19.1. The van der Waals surface area contributed by atoms with E-state index in [1.165, 1.54) is 23.3 Å². The monoisotopic (exact) mass is 465 g/mol. The summed E-state index contributed by atoms with van der Waals surface area (Å²) >= 11 is 0. The summed E-state index contributed by atoms with van der Waals surface area (Å²) < 4.78 is 20.9. The van der Waals surface area contributed by atoms with Crippen molar-refractivity contribution in [3.05, 3.63) is 71.7 Å². The zero-order valence-electron chi connectivity index (χ0n) is 19.1. The number of anilines is 1. The highest BCUT2D eigenvalue weighted by Crippen LogP contribution is 2.40. The number of hydrogen-bond acceptors (Lipinski definition) is 8. The number of nitrogens with zero attached hydrogens (tertiary/aromatic N) is 1. The Bertz CT molecular complexity index is 1180. The van der Waals surface area contributed by atoms with Crippen molar-refractivity contribution < 1.29 is 37.8 Å². The molecule has 9 heteroatoms. The molecule has 0 fully saturated rings. The molecule has 3 aromatic rings. The normalized spacial score (nSPS) is 10.4. The molecule has 0 unspecified atom stereocenters. The highest BCUT2D eigenvalue weighted by atomic mass is 16.6. The molecule has 0 aliphatic carbocycles. The zero-order chi connectivity index (χ0) is 24.8. The van der Waals surface area contributed by atoms with E-state index in [1.54, 1.807) is 24.3 Å². The Hall–Kier alpha value is -4.40. The van der Waals surface area contributed by atoms with Crippen LogP contribution in [0.15, 0.2) is 59.2 Å². The first-order valence-electron chi connectivity index (χ1n) is 10.3. The smallest absolute Gasteiger partial charge is 0.308 e. The van der Waals surface area contributed by atoms with E-state index < -0.39 is 23.8 Å². The van der Waals surface area contributed by atoms with Gasteiger partial charge in [0.2, 0.25) is 5.75 Å². The lowest BCUT2D eigenvalue weighted by molar-refractivity contribution is -0.135. The van der Waals surface area contributed by atoms with E-state index in [1.807, 2.05) is 19.1 Å². The summed E-state index contributed by atoms with van der Waals surface area (Å²) in [6.07, 6.45) is 1.50. The third-order valence-corrected chi connectivity index (χ3v) is 4.51. The predicted octanol–water partition coefficient (Wildman–Crippen LogP) is 4.21. The first kappa shape index (κ1) is 24.2. The fraction of sp³-hybridized carbons (Fsp3) is 0.200. The number of carbonyl (C=O) groups excluding carboxylic acids is 4. The highest BCUT2D eigenvalue weighted by Gasteiger charge is 2.26. The number of esters is 3. The van der Waals surface area contributed by atoms with Gasteiger partial charge in [0.1, 0.15) is 5.76 Å². The number of ether oxygens (including phenoxy) is 3.